The van der Waals surface area contributed by atoms with Crippen LogP contribution in [0.4, 0.5) is 0 Å². The molecule has 1 fully saturated rings. The standard InChI is InChI=1S/C27H27N3O4/c1-33-27(32)22-16-23-28-25(24(26(31)30(23)29-22)19-10-6-3-7-11-19)20-12-14-21(15-13-20)34-17-18-8-4-2-5-9-18/h2,4-5,8-9,12-16,19,28H,3,6-7,10-11,17H2,1H3. The fourth-order valence-electron chi connectivity index (χ4n) is 4.70. The first kappa shape index (κ1) is 21.9. The fraction of sp³-hybridized carbons (Fsp3) is 0.296. The number of ether oxygens (including phenoxy) is 2. The summed E-state index contributed by atoms with van der Waals surface area (Å²) in [6.45, 7) is 0.489. The minimum Gasteiger partial charge on any atom is -0.489 e. The van der Waals surface area contributed by atoms with E-state index in [1.807, 2.05) is 54.6 Å². The number of methoxy groups -OCH3 is 1. The molecule has 1 N–H and O–H groups in total. The molecule has 2 heterocycles. The Labute approximate surface area is 197 Å². The molecule has 1 aliphatic carbocycles. The molecule has 2 aromatic heterocycles. The zero-order valence-corrected chi connectivity index (χ0v) is 19.1. The van der Waals surface area contributed by atoms with Gasteiger partial charge < -0.3 is 14.5 Å². The summed E-state index contributed by atoms with van der Waals surface area (Å²) in [6.07, 6.45) is 5.31. The van der Waals surface area contributed by atoms with Gasteiger partial charge in [-0.1, -0.05) is 49.6 Å². The Kier molecular flexibility index (Phi) is 6.16. The lowest BCUT2D eigenvalue weighted by Gasteiger charge is -2.23. The molecule has 0 amide bonds. The van der Waals surface area contributed by atoms with E-state index in [9.17, 15) is 9.59 Å². The van der Waals surface area contributed by atoms with Crippen LogP contribution in [0, 0.1) is 0 Å². The molecule has 0 unspecified atom stereocenters. The maximum Gasteiger partial charge on any atom is 0.358 e. The number of nitrogens with one attached hydrogen (secondary N) is 1. The second kappa shape index (κ2) is 9.55. The smallest absolute Gasteiger partial charge is 0.358 e. The molecule has 174 valence electrons. The summed E-state index contributed by atoms with van der Waals surface area (Å²) in [5.41, 5.74) is 3.88. The Morgan fingerprint density at radius 3 is 2.50 bits per heavy atom. The summed E-state index contributed by atoms with van der Waals surface area (Å²) < 4.78 is 12.0. The zero-order valence-electron chi connectivity index (χ0n) is 19.1. The summed E-state index contributed by atoms with van der Waals surface area (Å²) >= 11 is 0. The van der Waals surface area contributed by atoms with Gasteiger partial charge in [0.2, 0.25) is 0 Å². The van der Waals surface area contributed by atoms with Crippen molar-refractivity contribution >= 4 is 11.6 Å². The lowest BCUT2D eigenvalue weighted by molar-refractivity contribution is 0.0593. The summed E-state index contributed by atoms with van der Waals surface area (Å²) in [5, 5.41) is 4.22. The van der Waals surface area contributed by atoms with E-state index >= 15 is 0 Å². The van der Waals surface area contributed by atoms with Crippen LogP contribution in [0.3, 0.4) is 0 Å². The Bertz CT molecular complexity index is 1350. The molecule has 0 atom stereocenters. The highest BCUT2D eigenvalue weighted by Gasteiger charge is 2.26. The van der Waals surface area contributed by atoms with Gasteiger partial charge in [0, 0.05) is 11.6 Å². The number of nitrogens with zero attached hydrogens (tertiary/aromatic N) is 2. The number of carbonyl (C=O) groups is 1. The van der Waals surface area contributed by atoms with Crippen molar-refractivity contribution in [1.29, 1.82) is 0 Å². The Morgan fingerprint density at radius 1 is 1.06 bits per heavy atom. The van der Waals surface area contributed by atoms with E-state index in [-0.39, 0.29) is 17.2 Å². The highest BCUT2D eigenvalue weighted by Crippen LogP contribution is 2.36. The summed E-state index contributed by atoms with van der Waals surface area (Å²) in [7, 11) is 1.30. The summed E-state index contributed by atoms with van der Waals surface area (Å²) in [5.74, 6) is 0.335. The van der Waals surface area contributed by atoms with E-state index in [4.69, 9.17) is 9.47 Å². The second-order valence-electron chi connectivity index (χ2n) is 8.67. The summed E-state index contributed by atoms with van der Waals surface area (Å²) in [6, 6.07) is 19.3. The van der Waals surface area contributed by atoms with E-state index < -0.39 is 5.97 Å². The Hall–Kier alpha value is -3.87. The normalized spacial score (nSPS) is 14.3. The van der Waals surface area contributed by atoms with Crippen molar-refractivity contribution in [2.75, 3.05) is 7.11 Å². The lowest BCUT2D eigenvalue weighted by Crippen LogP contribution is -2.25. The van der Waals surface area contributed by atoms with Gasteiger partial charge in [-0.2, -0.15) is 9.61 Å². The van der Waals surface area contributed by atoms with Crippen LogP contribution in [0.25, 0.3) is 16.9 Å². The number of carbonyl (C=O) groups excluding carboxylic acids is 1. The van der Waals surface area contributed by atoms with Gasteiger partial charge in [0.05, 0.1) is 12.8 Å². The van der Waals surface area contributed by atoms with Crippen LogP contribution >= 0.6 is 0 Å². The second-order valence-corrected chi connectivity index (χ2v) is 8.67. The van der Waals surface area contributed by atoms with Crippen molar-refractivity contribution in [1.82, 2.24) is 14.6 Å². The first-order valence-electron chi connectivity index (χ1n) is 11.7. The molecule has 0 radical (unpaired) electrons. The minimum absolute atomic E-state index is 0.104. The minimum atomic E-state index is -0.572. The van der Waals surface area contributed by atoms with Gasteiger partial charge in [0.1, 0.15) is 18.0 Å². The van der Waals surface area contributed by atoms with Crippen LogP contribution < -0.4 is 10.3 Å². The van der Waals surface area contributed by atoms with Crippen LogP contribution in [-0.2, 0) is 11.3 Å². The lowest BCUT2D eigenvalue weighted by atomic mass is 9.83. The molecule has 34 heavy (non-hydrogen) atoms. The third kappa shape index (κ3) is 4.33. The van der Waals surface area contributed by atoms with Gasteiger partial charge in [-0.15, -0.1) is 0 Å². The van der Waals surface area contributed by atoms with Crippen molar-refractivity contribution in [2.24, 2.45) is 0 Å². The number of fused-ring (bicyclic) bond motifs is 1. The van der Waals surface area contributed by atoms with Crippen LogP contribution in [0.15, 0.2) is 65.5 Å². The van der Waals surface area contributed by atoms with Gasteiger partial charge in [0.25, 0.3) is 5.56 Å². The van der Waals surface area contributed by atoms with Gasteiger partial charge >= 0.3 is 5.97 Å². The van der Waals surface area contributed by atoms with Crippen molar-refractivity contribution in [2.45, 2.75) is 44.6 Å². The monoisotopic (exact) mass is 457 g/mol. The highest BCUT2D eigenvalue weighted by atomic mass is 16.5. The number of aromatic nitrogens is 3. The average molecular weight is 458 g/mol. The molecular weight excluding hydrogens is 430 g/mol. The van der Waals surface area contributed by atoms with Crippen LogP contribution in [-0.4, -0.2) is 27.7 Å². The molecule has 0 saturated heterocycles. The zero-order chi connectivity index (χ0) is 23.5. The van der Waals surface area contributed by atoms with Crippen LogP contribution in [0.5, 0.6) is 5.75 Å². The third-order valence-corrected chi connectivity index (χ3v) is 6.45. The number of hydrogen-bond donors (Lipinski definition) is 1. The Morgan fingerprint density at radius 2 is 1.79 bits per heavy atom. The number of aromatic amines is 1. The number of hydrogen-bond acceptors (Lipinski definition) is 5. The van der Waals surface area contributed by atoms with Gasteiger partial charge in [-0.25, -0.2) is 4.79 Å². The molecule has 7 heteroatoms. The largest absolute Gasteiger partial charge is 0.489 e. The van der Waals surface area contributed by atoms with Crippen molar-refractivity contribution in [3.05, 3.63) is 87.8 Å². The molecule has 2 aromatic carbocycles. The maximum atomic E-state index is 13.6. The molecule has 0 aliphatic heterocycles. The van der Waals surface area contributed by atoms with Gasteiger partial charge in [-0.3, -0.25) is 4.79 Å². The Balaban J connectivity index is 1.53. The topological polar surface area (TPSA) is 85.7 Å². The summed E-state index contributed by atoms with van der Waals surface area (Å²) in [4.78, 5) is 29.0. The molecule has 5 rings (SSSR count). The molecule has 0 bridgehead atoms. The van der Waals surface area contributed by atoms with E-state index in [1.165, 1.54) is 18.0 Å². The third-order valence-electron chi connectivity index (χ3n) is 6.45. The molecule has 4 aromatic rings. The first-order valence-corrected chi connectivity index (χ1v) is 11.7. The predicted octanol–water partition coefficient (Wildman–Crippen LogP) is 5.10. The quantitative estimate of drug-likeness (QED) is 0.407. The molecule has 7 nitrogen and oxygen atoms in total. The van der Waals surface area contributed by atoms with E-state index in [0.717, 1.165) is 53.8 Å². The van der Waals surface area contributed by atoms with E-state index in [1.54, 1.807) is 6.07 Å². The molecule has 0 spiro atoms. The fourth-order valence-corrected chi connectivity index (χ4v) is 4.70. The maximum absolute atomic E-state index is 13.6. The van der Waals surface area contributed by atoms with Gasteiger partial charge in [-0.05, 0) is 54.2 Å². The SMILES string of the molecule is COC(=O)c1cc2[nH]c(-c3ccc(OCc4ccccc4)cc3)c(C3CCCCC3)c(=O)n2n1. The highest BCUT2D eigenvalue weighted by molar-refractivity contribution is 5.88. The van der Waals surface area contributed by atoms with Crippen LogP contribution in [0.2, 0.25) is 0 Å². The number of rotatable bonds is 6. The first-order chi connectivity index (χ1) is 16.6. The molecule has 1 saturated carbocycles. The number of benzene rings is 2. The van der Waals surface area contributed by atoms with Crippen molar-refractivity contribution in [3.63, 3.8) is 0 Å². The van der Waals surface area contributed by atoms with Crippen molar-refractivity contribution in [3.8, 4) is 17.0 Å². The predicted molar refractivity (Wildman–Crippen MR) is 129 cm³/mol. The molecule has 1 aliphatic rings. The average Bonchev–Trinajstić information content (AvgIpc) is 3.33. The number of H-pyrrole nitrogens is 1. The number of esters is 1. The van der Waals surface area contributed by atoms with Crippen molar-refractivity contribution < 1.29 is 14.3 Å². The van der Waals surface area contributed by atoms with E-state index in [2.05, 4.69) is 10.1 Å². The van der Waals surface area contributed by atoms with Crippen LogP contribution in [0.1, 0.15) is 59.6 Å². The van der Waals surface area contributed by atoms with Gasteiger partial charge in [0.15, 0.2) is 5.69 Å². The van der Waals surface area contributed by atoms with E-state index in [0.29, 0.717) is 12.3 Å². The molecular formula is C27H27N3O4.